The van der Waals surface area contributed by atoms with E-state index in [2.05, 4.69) is 24.1 Å². The Labute approximate surface area is 78.3 Å². The van der Waals surface area contributed by atoms with Crippen molar-refractivity contribution in [2.24, 2.45) is 0 Å². The van der Waals surface area contributed by atoms with Gasteiger partial charge in [-0.15, -0.1) is 0 Å². The molecule has 1 unspecified atom stereocenters. The summed E-state index contributed by atoms with van der Waals surface area (Å²) in [6.45, 7) is 7.08. The summed E-state index contributed by atoms with van der Waals surface area (Å²) in [7, 11) is 0. The van der Waals surface area contributed by atoms with Crippen LogP contribution in [0.1, 0.15) is 36.0 Å². The van der Waals surface area contributed by atoms with Crippen LogP contribution >= 0.6 is 0 Å². The normalized spacial score (nSPS) is 37.2. The minimum atomic E-state index is 0. The van der Waals surface area contributed by atoms with Gasteiger partial charge in [0.15, 0.2) is 0 Å². The first kappa shape index (κ1) is 8.52. The Balaban J connectivity index is 0.000000845. The van der Waals surface area contributed by atoms with Crippen LogP contribution in [0.2, 0.25) is 0 Å². The van der Waals surface area contributed by atoms with Crippen molar-refractivity contribution in [2.75, 3.05) is 13.1 Å². The molecule has 2 heteroatoms. The largest absolute Gasteiger partial charge is 0.311 e. The highest BCUT2D eigenvalue weighted by atomic mass is 15.3. The molecule has 1 aliphatic heterocycles. The second-order valence-electron chi connectivity index (χ2n) is 4.39. The van der Waals surface area contributed by atoms with Crippen molar-refractivity contribution in [1.29, 1.82) is 0 Å². The fraction of sp³-hybridized carbons (Fsp3) is 1.00. The van der Waals surface area contributed by atoms with Crippen LogP contribution in [-0.4, -0.2) is 36.1 Å². The fourth-order valence-corrected chi connectivity index (χ4v) is 2.76. The molecule has 0 aromatic rings. The first-order valence-electron chi connectivity index (χ1n) is 5.28. The van der Waals surface area contributed by atoms with Crippen LogP contribution in [0.5, 0.6) is 0 Å². The summed E-state index contributed by atoms with van der Waals surface area (Å²) in [5.41, 5.74) is 0. The van der Waals surface area contributed by atoms with Gasteiger partial charge >= 0.3 is 0 Å². The highest BCUT2D eigenvalue weighted by molar-refractivity contribution is 4.94. The average molecular weight is 172 g/mol. The van der Waals surface area contributed by atoms with Gasteiger partial charge in [0, 0.05) is 34.1 Å². The molecule has 0 amide bonds. The smallest absolute Gasteiger partial charge is 0.0252 e. The highest BCUT2D eigenvalue weighted by Gasteiger charge is 2.35. The number of nitrogens with zero attached hydrogens (tertiary/aromatic N) is 1. The molecule has 74 valence electrons. The maximum absolute atomic E-state index is 3.62. The van der Waals surface area contributed by atoms with E-state index in [1.807, 2.05) is 0 Å². The van der Waals surface area contributed by atoms with E-state index in [1.54, 1.807) is 0 Å². The fourth-order valence-electron chi connectivity index (χ4n) is 2.76. The van der Waals surface area contributed by atoms with Gasteiger partial charge in [0.25, 0.3) is 0 Å². The van der Waals surface area contributed by atoms with E-state index in [-0.39, 0.29) is 2.85 Å². The number of nitrogens with one attached hydrogen (secondary N) is 1. The quantitative estimate of drug-likeness (QED) is 0.648. The van der Waals surface area contributed by atoms with Gasteiger partial charge in [-0.2, -0.15) is 0 Å². The second kappa shape index (κ2) is 3.35. The molecule has 12 heavy (non-hydrogen) atoms. The lowest BCUT2D eigenvalue weighted by Crippen LogP contribution is -2.57. The molecule has 2 fully saturated rings. The Hall–Kier alpha value is -0.0800. The van der Waals surface area contributed by atoms with E-state index in [9.17, 15) is 0 Å². The SMILES string of the molecule is CC(C)N1CCN[C@H]2CCCC21.[HH].[HH]. The van der Waals surface area contributed by atoms with Gasteiger partial charge < -0.3 is 5.32 Å². The van der Waals surface area contributed by atoms with Gasteiger partial charge in [-0.3, -0.25) is 4.90 Å². The molecule has 1 saturated carbocycles. The number of rotatable bonds is 1. The van der Waals surface area contributed by atoms with Gasteiger partial charge in [0.1, 0.15) is 0 Å². The minimum absolute atomic E-state index is 0. The lowest BCUT2D eigenvalue weighted by molar-refractivity contribution is 0.103. The van der Waals surface area contributed by atoms with E-state index in [0.717, 1.165) is 18.1 Å². The Kier molecular flexibility index (Phi) is 2.37. The van der Waals surface area contributed by atoms with Crippen molar-refractivity contribution in [1.82, 2.24) is 10.2 Å². The second-order valence-corrected chi connectivity index (χ2v) is 4.39. The molecule has 0 radical (unpaired) electrons. The molecule has 0 bridgehead atoms. The molecule has 1 heterocycles. The summed E-state index contributed by atoms with van der Waals surface area (Å²) < 4.78 is 0. The monoisotopic (exact) mass is 172 g/mol. The Bertz CT molecular complexity index is 164. The van der Waals surface area contributed by atoms with Crippen LogP contribution in [0, 0.1) is 0 Å². The predicted octanol–water partition coefficient (Wildman–Crippen LogP) is 1.71. The zero-order chi connectivity index (χ0) is 8.55. The Morgan fingerprint density at radius 2 is 2.25 bits per heavy atom. The van der Waals surface area contributed by atoms with E-state index < -0.39 is 0 Å². The van der Waals surface area contributed by atoms with Crippen LogP contribution in [-0.2, 0) is 0 Å². The molecule has 0 spiro atoms. The third kappa shape index (κ3) is 1.38. The van der Waals surface area contributed by atoms with Crippen molar-refractivity contribution in [2.45, 2.75) is 51.2 Å². The van der Waals surface area contributed by atoms with E-state index in [1.165, 1.54) is 32.4 Å². The predicted molar refractivity (Wildman–Crippen MR) is 55.5 cm³/mol. The molecule has 2 atom stereocenters. The molecule has 2 nitrogen and oxygen atoms in total. The number of fused-ring (bicyclic) bond motifs is 1. The first-order chi connectivity index (χ1) is 5.79. The lowest BCUT2D eigenvalue weighted by Gasteiger charge is -2.41. The Morgan fingerprint density at radius 3 is 3.00 bits per heavy atom. The van der Waals surface area contributed by atoms with Crippen molar-refractivity contribution in [3.05, 3.63) is 0 Å². The number of piperazine rings is 1. The highest BCUT2D eigenvalue weighted by Crippen LogP contribution is 2.27. The molecule has 1 saturated heterocycles. The molecular weight excluding hydrogens is 148 g/mol. The summed E-state index contributed by atoms with van der Waals surface area (Å²) in [5.74, 6) is 0. The zero-order valence-electron chi connectivity index (χ0n) is 8.21. The van der Waals surface area contributed by atoms with Gasteiger partial charge in [0.05, 0.1) is 0 Å². The third-order valence-corrected chi connectivity index (χ3v) is 3.35. The van der Waals surface area contributed by atoms with Crippen molar-refractivity contribution in [3.8, 4) is 0 Å². The van der Waals surface area contributed by atoms with Gasteiger partial charge in [-0.05, 0) is 26.7 Å². The topological polar surface area (TPSA) is 15.3 Å². The summed E-state index contributed by atoms with van der Waals surface area (Å²) in [6.07, 6.45) is 4.23. The summed E-state index contributed by atoms with van der Waals surface area (Å²) in [5, 5.41) is 3.62. The first-order valence-corrected chi connectivity index (χ1v) is 5.28. The maximum Gasteiger partial charge on any atom is 0.0252 e. The van der Waals surface area contributed by atoms with E-state index in [4.69, 9.17) is 0 Å². The summed E-state index contributed by atoms with van der Waals surface area (Å²) in [6, 6.07) is 2.39. The standard InChI is InChI=1S/C10H20N2.2H2/c1-8(2)12-7-6-11-9-4-3-5-10(9)12;;/h8-11H,3-7H2,1-2H3;2*1H/t9-,10?;;/m0../s1. The average Bonchev–Trinajstić information content (AvgIpc) is 2.49. The van der Waals surface area contributed by atoms with Gasteiger partial charge in [-0.1, -0.05) is 6.42 Å². The Morgan fingerprint density at radius 1 is 1.42 bits per heavy atom. The lowest BCUT2D eigenvalue weighted by atomic mass is 10.1. The van der Waals surface area contributed by atoms with Crippen LogP contribution in [0.3, 0.4) is 0 Å². The third-order valence-electron chi connectivity index (χ3n) is 3.35. The van der Waals surface area contributed by atoms with Crippen LogP contribution in [0.15, 0.2) is 0 Å². The summed E-state index contributed by atoms with van der Waals surface area (Å²) >= 11 is 0. The number of hydrogen-bond donors (Lipinski definition) is 1. The molecule has 1 N–H and O–H groups in total. The van der Waals surface area contributed by atoms with Crippen LogP contribution < -0.4 is 5.32 Å². The molecular formula is C10H24N2. The van der Waals surface area contributed by atoms with Crippen LogP contribution in [0.4, 0.5) is 0 Å². The van der Waals surface area contributed by atoms with Crippen molar-refractivity contribution in [3.63, 3.8) is 0 Å². The summed E-state index contributed by atoms with van der Waals surface area (Å²) in [4.78, 5) is 2.67. The van der Waals surface area contributed by atoms with Crippen LogP contribution in [0.25, 0.3) is 0 Å². The molecule has 2 aliphatic rings. The molecule has 1 aliphatic carbocycles. The molecule has 2 rings (SSSR count). The maximum atomic E-state index is 3.62. The van der Waals surface area contributed by atoms with Gasteiger partial charge in [-0.25, -0.2) is 0 Å². The van der Waals surface area contributed by atoms with E-state index in [0.29, 0.717) is 0 Å². The van der Waals surface area contributed by atoms with Crippen molar-refractivity contribution < 1.29 is 2.85 Å². The zero-order valence-corrected chi connectivity index (χ0v) is 8.21. The van der Waals surface area contributed by atoms with Crippen molar-refractivity contribution >= 4 is 0 Å². The molecule has 0 aromatic carbocycles. The molecule has 0 aromatic heterocycles. The van der Waals surface area contributed by atoms with E-state index >= 15 is 0 Å². The minimum Gasteiger partial charge on any atom is -0.311 e. The van der Waals surface area contributed by atoms with Gasteiger partial charge in [0.2, 0.25) is 0 Å². The number of hydrogen-bond acceptors (Lipinski definition) is 2.